The van der Waals surface area contributed by atoms with Crippen LogP contribution in [0.15, 0.2) is 23.1 Å². The van der Waals surface area contributed by atoms with E-state index in [-0.39, 0.29) is 5.91 Å². The molecule has 0 radical (unpaired) electrons. The van der Waals surface area contributed by atoms with Gasteiger partial charge in [0.2, 0.25) is 5.91 Å². The molecule has 1 aromatic carbocycles. The molecule has 15 heavy (non-hydrogen) atoms. The number of carbonyl (C=O) groups is 1. The number of ether oxygens (including phenoxy) is 1. The Bertz CT molecular complexity index is 382. The van der Waals surface area contributed by atoms with Crippen molar-refractivity contribution in [2.45, 2.75) is 4.90 Å². The first-order valence-corrected chi connectivity index (χ1v) is 5.68. The highest BCUT2D eigenvalue weighted by molar-refractivity contribution is 8.00. The van der Waals surface area contributed by atoms with E-state index in [1.807, 2.05) is 18.2 Å². The van der Waals surface area contributed by atoms with Gasteiger partial charge in [-0.15, -0.1) is 11.8 Å². The average Bonchev–Trinajstić information content (AvgIpc) is 2.25. The summed E-state index contributed by atoms with van der Waals surface area (Å²) in [5.74, 6) is 1.25. The fourth-order valence-corrected chi connectivity index (χ4v) is 2.12. The van der Waals surface area contributed by atoms with Crippen molar-refractivity contribution in [2.24, 2.45) is 5.73 Å². The van der Waals surface area contributed by atoms with E-state index < -0.39 is 0 Å². The minimum Gasteiger partial charge on any atom is -0.492 e. The Morgan fingerprint density at radius 1 is 1.53 bits per heavy atom. The molecule has 2 rings (SSSR count). The van der Waals surface area contributed by atoms with Gasteiger partial charge in [0.1, 0.15) is 12.4 Å². The molecule has 0 unspecified atom stereocenters. The monoisotopic (exact) mass is 224 g/mol. The van der Waals surface area contributed by atoms with Crippen LogP contribution < -0.4 is 15.8 Å². The summed E-state index contributed by atoms with van der Waals surface area (Å²) in [5.41, 5.74) is 6.16. The highest BCUT2D eigenvalue weighted by atomic mass is 32.2. The van der Waals surface area contributed by atoms with Crippen LogP contribution in [0.25, 0.3) is 0 Å². The zero-order valence-corrected chi connectivity index (χ0v) is 8.97. The Hall–Kier alpha value is -1.20. The van der Waals surface area contributed by atoms with Crippen LogP contribution in [0.3, 0.4) is 0 Å². The molecule has 0 aromatic heterocycles. The molecule has 0 atom stereocenters. The second-order valence-electron chi connectivity index (χ2n) is 3.13. The standard InChI is InChI=1S/C10H12N2O2S/c11-3-4-14-7-1-2-9-8(5-7)12-10(13)6-15-9/h1-2,5H,3-4,6,11H2,(H,12,13). The van der Waals surface area contributed by atoms with Crippen molar-refractivity contribution >= 4 is 23.4 Å². The van der Waals surface area contributed by atoms with Crippen LogP contribution in [0.1, 0.15) is 0 Å². The molecule has 5 heteroatoms. The zero-order chi connectivity index (χ0) is 10.7. The SMILES string of the molecule is NCCOc1ccc2c(c1)NC(=O)CS2. The van der Waals surface area contributed by atoms with Gasteiger partial charge in [0, 0.05) is 17.5 Å². The van der Waals surface area contributed by atoms with Gasteiger partial charge in [0.05, 0.1) is 11.4 Å². The quantitative estimate of drug-likeness (QED) is 0.806. The summed E-state index contributed by atoms with van der Waals surface area (Å²) in [6.45, 7) is 0.970. The molecule has 3 N–H and O–H groups in total. The van der Waals surface area contributed by atoms with Crippen molar-refractivity contribution in [1.29, 1.82) is 0 Å². The Balaban J connectivity index is 2.17. The average molecular weight is 224 g/mol. The summed E-state index contributed by atoms with van der Waals surface area (Å²) < 4.78 is 5.37. The Morgan fingerprint density at radius 2 is 2.40 bits per heavy atom. The third-order valence-electron chi connectivity index (χ3n) is 1.97. The smallest absolute Gasteiger partial charge is 0.234 e. The van der Waals surface area contributed by atoms with Crippen LogP contribution >= 0.6 is 11.8 Å². The van der Waals surface area contributed by atoms with E-state index in [0.29, 0.717) is 18.9 Å². The van der Waals surface area contributed by atoms with E-state index in [1.54, 1.807) is 0 Å². The molecular weight excluding hydrogens is 212 g/mol. The van der Waals surface area contributed by atoms with Crippen LogP contribution in [0.4, 0.5) is 5.69 Å². The first-order valence-electron chi connectivity index (χ1n) is 4.69. The number of hydrogen-bond donors (Lipinski definition) is 2. The largest absolute Gasteiger partial charge is 0.492 e. The highest BCUT2D eigenvalue weighted by Gasteiger charge is 2.15. The molecule has 0 saturated carbocycles. The molecule has 1 aromatic rings. The van der Waals surface area contributed by atoms with E-state index in [1.165, 1.54) is 11.8 Å². The number of amides is 1. The van der Waals surface area contributed by atoms with E-state index in [9.17, 15) is 4.79 Å². The van der Waals surface area contributed by atoms with Gasteiger partial charge in [-0.2, -0.15) is 0 Å². The topological polar surface area (TPSA) is 64.3 Å². The summed E-state index contributed by atoms with van der Waals surface area (Å²) in [7, 11) is 0. The number of hydrogen-bond acceptors (Lipinski definition) is 4. The Labute approximate surface area is 92.2 Å². The zero-order valence-electron chi connectivity index (χ0n) is 8.16. The molecule has 4 nitrogen and oxygen atoms in total. The number of nitrogens with one attached hydrogen (secondary N) is 1. The number of fused-ring (bicyclic) bond motifs is 1. The van der Waals surface area contributed by atoms with E-state index in [4.69, 9.17) is 10.5 Å². The summed E-state index contributed by atoms with van der Waals surface area (Å²) in [6, 6.07) is 5.67. The molecule has 0 bridgehead atoms. The predicted octanol–water partition coefficient (Wildman–Crippen LogP) is 1.07. The predicted molar refractivity (Wildman–Crippen MR) is 60.3 cm³/mol. The molecule has 0 saturated heterocycles. The van der Waals surface area contributed by atoms with Gasteiger partial charge < -0.3 is 15.8 Å². The van der Waals surface area contributed by atoms with E-state index in [0.717, 1.165) is 16.3 Å². The molecule has 1 aliphatic heterocycles. The molecule has 1 heterocycles. The van der Waals surface area contributed by atoms with Crippen LogP contribution in [-0.2, 0) is 4.79 Å². The van der Waals surface area contributed by atoms with Crippen molar-refractivity contribution in [1.82, 2.24) is 0 Å². The summed E-state index contributed by atoms with van der Waals surface area (Å²) >= 11 is 1.54. The Morgan fingerprint density at radius 3 is 3.20 bits per heavy atom. The number of rotatable bonds is 3. The number of nitrogens with two attached hydrogens (primary N) is 1. The lowest BCUT2D eigenvalue weighted by Crippen LogP contribution is -2.18. The molecular formula is C10H12N2O2S. The normalized spacial score (nSPS) is 14.3. The van der Waals surface area contributed by atoms with Crippen molar-refractivity contribution in [3.63, 3.8) is 0 Å². The van der Waals surface area contributed by atoms with Gasteiger partial charge in [-0.25, -0.2) is 0 Å². The van der Waals surface area contributed by atoms with Crippen molar-refractivity contribution in [2.75, 3.05) is 24.2 Å². The lowest BCUT2D eigenvalue weighted by Gasteiger charge is -2.17. The van der Waals surface area contributed by atoms with Crippen LogP contribution in [0.2, 0.25) is 0 Å². The van der Waals surface area contributed by atoms with Gasteiger partial charge in [-0.05, 0) is 12.1 Å². The van der Waals surface area contributed by atoms with E-state index in [2.05, 4.69) is 5.32 Å². The molecule has 0 spiro atoms. The first-order chi connectivity index (χ1) is 7.29. The summed E-state index contributed by atoms with van der Waals surface area (Å²) in [4.78, 5) is 12.2. The molecule has 0 fully saturated rings. The van der Waals surface area contributed by atoms with Crippen LogP contribution in [0, 0.1) is 0 Å². The molecule has 0 aliphatic carbocycles. The van der Waals surface area contributed by atoms with Crippen molar-refractivity contribution in [3.05, 3.63) is 18.2 Å². The number of thioether (sulfide) groups is 1. The lowest BCUT2D eigenvalue weighted by atomic mass is 10.3. The fraction of sp³-hybridized carbons (Fsp3) is 0.300. The number of anilines is 1. The fourth-order valence-electron chi connectivity index (χ4n) is 1.33. The highest BCUT2D eigenvalue weighted by Crippen LogP contribution is 2.33. The number of carbonyl (C=O) groups excluding carboxylic acids is 1. The van der Waals surface area contributed by atoms with Crippen molar-refractivity contribution in [3.8, 4) is 5.75 Å². The van der Waals surface area contributed by atoms with Crippen molar-refractivity contribution < 1.29 is 9.53 Å². The van der Waals surface area contributed by atoms with Gasteiger partial charge in [-0.3, -0.25) is 4.79 Å². The first kappa shape index (κ1) is 10.3. The van der Waals surface area contributed by atoms with Crippen LogP contribution in [0.5, 0.6) is 5.75 Å². The maximum atomic E-state index is 11.2. The third kappa shape index (κ3) is 2.43. The summed E-state index contributed by atoms with van der Waals surface area (Å²) in [6.07, 6.45) is 0. The van der Waals surface area contributed by atoms with Crippen LogP contribution in [-0.4, -0.2) is 24.8 Å². The lowest BCUT2D eigenvalue weighted by molar-refractivity contribution is -0.113. The van der Waals surface area contributed by atoms with E-state index >= 15 is 0 Å². The maximum Gasteiger partial charge on any atom is 0.234 e. The second kappa shape index (κ2) is 4.55. The molecule has 80 valence electrons. The molecule has 1 aliphatic rings. The second-order valence-corrected chi connectivity index (χ2v) is 4.15. The molecule has 1 amide bonds. The summed E-state index contributed by atoms with van der Waals surface area (Å²) in [5, 5.41) is 2.81. The van der Waals surface area contributed by atoms with Gasteiger partial charge >= 0.3 is 0 Å². The van der Waals surface area contributed by atoms with Gasteiger partial charge in [-0.1, -0.05) is 0 Å². The minimum absolute atomic E-state index is 0.0310. The minimum atomic E-state index is 0.0310. The third-order valence-corrected chi connectivity index (χ3v) is 3.04. The Kier molecular flexibility index (Phi) is 3.13. The van der Waals surface area contributed by atoms with Gasteiger partial charge in [0.25, 0.3) is 0 Å². The maximum absolute atomic E-state index is 11.2. The number of benzene rings is 1. The van der Waals surface area contributed by atoms with Gasteiger partial charge in [0.15, 0.2) is 0 Å².